The standard InChI is InChI=1S/C22H26N4O2/c1-24-15-20(27)26(19-10-6-3-7-11-19)17-22(24)12-13-25(16-22)21(28)23-14-18-8-4-2-5-9-18/h2-11H,12-17H2,1H3,(H,23,28)/t22-/m0/s1. The molecule has 2 heterocycles. The van der Waals surface area contributed by atoms with Crippen LogP contribution in [0.1, 0.15) is 12.0 Å². The number of likely N-dealkylation sites (tertiary alicyclic amines) is 1. The third kappa shape index (κ3) is 3.60. The second-order valence-corrected chi connectivity index (χ2v) is 7.71. The third-order valence-corrected chi connectivity index (χ3v) is 5.91. The van der Waals surface area contributed by atoms with Crippen LogP contribution >= 0.6 is 0 Å². The number of hydrogen-bond acceptors (Lipinski definition) is 3. The monoisotopic (exact) mass is 378 g/mol. The van der Waals surface area contributed by atoms with E-state index in [4.69, 9.17) is 0 Å². The molecule has 146 valence electrons. The second kappa shape index (κ2) is 7.64. The average Bonchev–Trinajstić information content (AvgIpc) is 3.16. The van der Waals surface area contributed by atoms with E-state index in [1.54, 1.807) is 0 Å². The Bertz CT molecular complexity index is 842. The molecule has 1 spiro atoms. The van der Waals surface area contributed by atoms with Crippen molar-refractivity contribution in [1.29, 1.82) is 0 Å². The molecule has 6 heteroatoms. The minimum Gasteiger partial charge on any atom is -0.334 e. The van der Waals surface area contributed by atoms with Crippen LogP contribution in [0.4, 0.5) is 10.5 Å². The minimum absolute atomic E-state index is 0.0442. The van der Waals surface area contributed by atoms with Gasteiger partial charge in [-0.2, -0.15) is 0 Å². The van der Waals surface area contributed by atoms with E-state index in [0.29, 0.717) is 32.7 Å². The number of anilines is 1. The van der Waals surface area contributed by atoms with Crippen molar-refractivity contribution in [3.63, 3.8) is 0 Å². The summed E-state index contributed by atoms with van der Waals surface area (Å²) in [6, 6.07) is 19.7. The van der Waals surface area contributed by atoms with Gasteiger partial charge in [0.1, 0.15) is 0 Å². The van der Waals surface area contributed by atoms with Gasteiger partial charge >= 0.3 is 6.03 Å². The normalized spacial score (nSPS) is 22.7. The molecule has 0 bridgehead atoms. The van der Waals surface area contributed by atoms with Crippen LogP contribution in [0.5, 0.6) is 0 Å². The molecule has 28 heavy (non-hydrogen) atoms. The number of benzene rings is 2. The summed E-state index contributed by atoms with van der Waals surface area (Å²) in [5, 5.41) is 3.02. The summed E-state index contributed by atoms with van der Waals surface area (Å²) in [4.78, 5) is 31.2. The number of hydrogen-bond donors (Lipinski definition) is 1. The molecule has 0 radical (unpaired) electrons. The summed E-state index contributed by atoms with van der Waals surface area (Å²) in [6.07, 6.45) is 0.860. The van der Waals surface area contributed by atoms with Crippen LogP contribution in [0.25, 0.3) is 0 Å². The van der Waals surface area contributed by atoms with Gasteiger partial charge in [0.25, 0.3) is 0 Å². The van der Waals surface area contributed by atoms with Gasteiger partial charge in [-0.25, -0.2) is 4.79 Å². The first kappa shape index (κ1) is 18.5. The molecular formula is C22H26N4O2. The van der Waals surface area contributed by atoms with Crippen LogP contribution in [-0.2, 0) is 11.3 Å². The third-order valence-electron chi connectivity index (χ3n) is 5.91. The molecule has 2 aliphatic rings. The number of urea groups is 1. The van der Waals surface area contributed by atoms with Crippen LogP contribution in [-0.4, -0.2) is 60.5 Å². The Morgan fingerprint density at radius 1 is 1.04 bits per heavy atom. The Labute approximate surface area is 165 Å². The lowest BCUT2D eigenvalue weighted by Crippen LogP contribution is -2.64. The zero-order chi connectivity index (χ0) is 19.6. The fourth-order valence-electron chi connectivity index (χ4n) is 4.16. The number of carbonyl (C=O) groups is 2. The number of likely N-dealkylation sites (N-methyl/N-ethyl adjacent to an activating group) is 1. The summed E-state index contributed by atoms with van der Waals surface area (Å²) in [5.74, 6) is 0.103. The van der Waals surface area contributed by atoms with E-state index >= 15 is 0 Å². The lowest BCUT2D eigenvalue weighted by Gasteiger charge is -2.46. The molecule has 0 aliphatic carbocycles. The van der Waals surface area contributed by atoms with Crippen molar-refractivity contribution < 1.29 is 9.59 Å². The lowest BCUT2D eigenvalue weighted by molar-refractivity contribution is -0.123. The molecular weight excluding hydrogens is 352 g/mol. The van der Waals surface area contributed by atoms with E-state index in [2.05, 4.69) is 10.2 Å². The number of amides is 3. The maximum Gasteiger partial charge on any atom is 0.317 e. The lowest BCUT2D eigenvalue weighted by atomic mass is 9.92. The number of para-hydroxylation sites is 1. The predicted molar refractivity (Wildman–Crippen MR) is 109 cm³/mol. The first-order chi connectivity index (χ1) is 13.6. The van der Waals surface area contributed by atoms with Crippen molar-refractivity contribution in [3.8, 4) is 0 Å². The van der Waals surface area contributed by atoms with Crippen LogP contribution in [0.2, 0.25) is 0 Å². The molecule has 0 unspecified atom stereocenters. The fourth-order valence-corrected chi connectivity index (χ4v) is 4.16. The Kier molecular flexibility index (Phi) is 5.05. The molecule has 2 fully saturated rings. The van der Waals surface area contributed by atoms with Crippen molar-refractivity contribution in [2.45, 2.75) is 18.5 Å². The number of carbonyl (C=O) groups excluding carboxylic acids is 2. The number of rotatable bonds is 3. The smallest absolute Gasteiger partial charge is 0.317 e. The topological polar surface area (TPSA) is 55.9 Å². The van der Waals surface area contributed by atoms with Gasteiger partial charge in [-0.15, -0.1) is 0 Å². The average molecular weight is 378 g/mol. The predicted octanol–water partition coefficient (Wildman–Crippen LogP) is 2.32. The van der Waals surface area contributed by atoms with Gasteiger partial charge in [0.2, 0.25) is 5.91 Å². The van der Waals surface area contributed by atoms with Crippen LogP contribution in [0.3, 0.4) is 0 Å². The Hall–Kier alpha value is -2.86. The van der Waals surface area contributed by atoms with Gasteiger partial charge in [-0.3, -0.25) is 9.69 Å². The number of piperazine rings is 1. The highest BCUT2D eigenvalue weighted by Crippen LogP contribution is 2.33. The van der Waals surface area contributed by atoms with Crippen molar-refractivity contribution in [2.24, 2.45) is 0 Å². The molecule has 2 saturated heterocycles. The second-order valence-electron chi connectivity index (χ2n) is 7.71. The Balaban J connectivity index is 1.43. The number of nitrogens with one attached hydrogen (secondary N) is 1. The highest BCUT2D eigenvalue weighted by Gasteiger charge is 2.48. The molecule has 2 aromatic carbocycles. The molecule has 0 aromatic heterocycles. The van der Waals surface area contributed by atoms with E-state index in [-0.39, 0.29) is 17.5 Å². The van der Waals surface area contributed by atoms with Crippen LogP contribution in [0, 0.1) is 0 Å². The highest BCUT2D eigenvalue weighted by molar-refractivity contribution is 5.96. The molecule has 6 nitrogen and oxygen atoms in total. The largest absolute Gasteiger partial charge is 0.334 e. The summed E-state index contributed by atoms with van der Waals surface area (Å²) < 4.78 is 0. The molecule has 0 saturated carbocycles. The Morgan fingerprint density at radius 3 is 2.43 bits per heavy atom. The summed E-state index contributed by atoms with van der Waals surface area (Å²) in [5.41, 5.74) is 1.81. The zero-order valence-corrected chi connectivity index (χ0v) is 16.2. The van der Waals surface area contributed by atoms with Crippen molar-refractivity contribution in [1.82, 2.24) is 15.1 Å². The molecule has 1 N–H and O–H groups in total. The molecule has 2 aromatic rings. The fraction of sp³-hybridized carbons (Fsp3) is 0.364. The Morgan fingerprint density at radius 2 is 1.71 bits per heavy atom. The molecule has 4 rings (SSSR count). The van der Waals surface area contributed by atoms with E-state index in [1.807, 2.05) is 77.5 Å². The van der Waals surface area contributed by atoms with Crippen molar-refractivity contribution in [3.05, 3.63) is 66.2 Å². The molecule has 2 aliphatic heterocycles. The highest BCUT2D eigenvalue weighted by atomic mass is 16.2. The maximum absolute atomic E-state index is 12.7. The van der Waals surface area contributed by atoms with Gasteiger partial charge in [0, 0.05) is 31.9 Å². The van der Waals surface area contributed by atoms with Crippen LogP contribution < -0.4 is 10.2 Å². The van der Waals surface area contributed by atoms with E-state index < -0.39 is 0 Å². The van der Waals surface area contributed by atoms with Gasteiger partial charge in [-0.1, -0.05) is 48.5 Å². The maximum atomic E-state index is 12.7. The van der Waals surface area contributed by atoms with Crippen molar-refractivity contribution in [2.75, 3.05) is 38.1 Å². The SMILES string of the molecule is CN1CC(=O)N(c2ccccc2)C[C@@]12CCN(C(=O)NCc1ccccc1)C2. The summed E-state index contributed by atoms with van der Waals surface area (Å²) in [6.45, 7) is 2.82. The summed E-state index contributed by atoms with van der Waals surface area (Å²) in [7, 11) is 1.99. The number of nitrogens with zero attached hydrogens (tertiary/aromatic N) is 3. The zero-order valence-electron chi connectivity index (χ0n) is 16.2. The van der Waals surface area contributed by atoms with E-state index in [9.17, 15) is 9.59 Å². The molecule has 3 amide bonds. The quantitative estimate of drug-likeness (QED) is 0.892. The van der Waals surface area contributed by atoms with Crippen molar-refractivity contribution >= 4 is 17.6 Å². The first-order valence-electron chi connectivity index (χ1n) is 9.71. The van der Waals surface area contributed by atoms with E-state index in [0.717, 1.165) is 17.7 Å². The first-order valence-corrected chi connectivity index (χ1v) is 9.71. The summed E-state index contributed by atoms with van der Waals surface area (Å²) >= 11 is 0. The minimum atomic E-state index is -0.201. The van der Waals surface area contributed by atoms with Crippen LogP contribution in [0.15, 0.2) is 60.7 Å². The van der Waals surface area contributed by atoms with Gasteiger partial charge < -0.3 is 15.1 Å². The molecule has 1 atom stereocenters. The van der Waals surface area contributed by atoms with Gasteiger partial charge in [-0.05, 0) is 31.2 Å². The van der Waals surface area contributed by atoms with Gasteiger partial charge in [0.15, 0.2) is 0 Å². The van der Waals surface area contributed by atoms with E-state index in [1.165, 1.54) is 0 Å². The van der Waals surface area contributed by atoms with Gasteiger partial charge in [0.05, 0.1) is 12.1 Å².